The van der Waals surface area contributed by atoms with E-state index >= 15 is 0 Å². The predicted octanol–water partition coefficient (Wildman–Crippen LogP) is 4.49. The molecular formula is C34H53N3O7. The van der Waals surface area contributed by atoms with Gasteiger partial charge in [-0.2, -0.15) is 0 Å². The van der Waals surface area contributed by atoms with Crippen LogP contribution in [0.15, 0.2) is 36.0 Å². The van der Waals surface area contributed by atoms with Gasteiger partial charge in [-0.3, -0.25) is 9.69 Å². The van der Waals surface area contributed by atoms with Gasteiger partial charge in [0.15, 0.2) is 6.29 Å². The molecule has 0 bridgehead atoms. The standard InChI is InChI=1S/C34H53N3O7/c1-25(10-13-29-20-34(24-42-34)23-33(3,4)44-29)11-15-31-40-21-27(22-41-31)35-30(38)14-12-26(2)43-32(39)37-18-16-36(17-19-37)28-8-6-5-7-9-28/h10-14,26-29,31H,5-9,15-24H2,1-4H3,(H,35,38)/t26?,27?,29-,31?,34-/m1/s1. The van der Waals surface area contributed by atoms with Crippen LogP contribution < -0.4 is 5.32 Å². The zero-order valence-corrected chi connectivity index (χ0v) is 27.1. The van der Waals surface area contributed by atoms with Gasteiger partial charge in [0, 0.05) is 57.6 Å². The summed E-state index contributed by atoms with van der Waals surface area (Å²) in [6, 6.07) is 0.429. The highest BCUT2D eigenvalue weighted by Crippen LogP contribution is 2.46. The van der Waals surface area contributed by atoms with Crippen LogP contribution in [0.5, 0.6) is 0 Å². The van der Waals surface area contributed by atoms with Crippen molar-refractivity contribution in [3.63, 3.8) is 0 Å². The minimum absolute atomic E-state index is 0.00875. The molecule has 3 atom stereocenters. The number of ether oxygens (including phenoxy) is 5. The van der Waals surface area contributed by atoms with E-state index in [-0.39, 0.29) is 41.6 Å². The van der Waals surface area contributed by atoms with Gasteiger partial charge in [0.25, 0.3) is 0 Å². The van der Waals surface area contributed by atoms with Crippen LogP contribution in [0.4, 0.5) is 4.79 Å². The molecule has 0 aromatic carbocycles. The maximum atomic E-state index is 12.6. The van der Waals surface area contributed by atoms with Gasteiger partial charge in [-0.05, 0) is 46.6 Å². The molecule has 1 saturated carbocycles. The fraction of sp³-hybridized carbons (Fsp3) is 0.765. The molecule has 10 heteroatoms. The number of nitrogens with zero attached hydrogens (tertiary/aromatic N) is 2. The Morgan fingerprint density at radius 3 is 2.43 bits per heavy atom. The average molecular weight is 616 g/mol. The molecule has 5 fully saturated rings. The third-order valence-electron chi connectivity index (χ3n) is 9.33. The summed E-state index contributed by atoms with van der Waals surface area (Å²) in [6.07, 6.45) is 17.2. The number of allylic oxidation sites excluding steroid dienone is 2. The van der Waals surface area contributed by atoms with E-state index in [0.29, 0.717) is 38.8 Å². The summed E-state index contributed by atoms with van der Waals surface area (Å²) in [5, 5.41) is 2.90. The van der Waals surface area contributed by atoms with Crippen molar-refractivity contribution < 1.29 is 33.3 Å². The Labute approximate surface area is 263 Å². The average Bonchev–Trinajstić information content (AvgIpc) is 3.75. The second kappa shape index (κ2) is 14.9. The van der Waals surface area contributed by atoms with Gasteiger partial charge in [0.1, 0.15) is 6.10 Å². The lowest BCUT2D eigenvalue weighted by molar-refractivity contribution is -0.187. The highest BCUT2D eigenvalue weighted by Gasteiger charge is 2.53. The largest absolute Gasteiger partial charge is 0.442 e. The number of nitrogens with one attached hydrogen (secondary N) is 1. The molecule has 1 aliphatic carbocycles. The molecular weight excluding hydrogens is 562 g/mol. The number of amides is 2. The fourth-order valence-electron chi connectivity index (χ4n) is 6.97. The molecule has 4 aliphatic heterocycles. The molecule has 4 heterocycles. The summed E-state index contributed by atoms with van der Waals surface area (Å²) in [4.78, 5) is 29.4. The Bertz CT molecular complexity index is 1060. The normalized spacial score (nSPS) is 32.7. The van der Waals surface area contributed by atoms with Gasteiger partial charge in [0.05, 0.1) is 43.2 Å². The van der Waals surface area contributed by atoms with Crippen LogP contribution in [0.25, 0.3) is 0 Å². The Morgan fingerprint density at radius 2 is 1.75 bits per heavy atom. The Balaban J connectivity index is 0.949. The van der Waals surface area contributed by atoms with Crippen molar-refractivity contribution in [2.45, 2.75) is 121 Å². The SMILES string of the molecule is CC(C=C[C@@H]1C[C@]2(CO2)CC(C)(C)O1)=CCC1OCC(NC(=O)C=CC(C)OC(=O)N2CCN(C3CCCCC3)CC2)CO1. The van der Waals surface area contributed by atoms with Gasteiger partial charge >= 0.3 is 6.09 Å². The number of piperazine rings is 1. The molecule has 44 heavy (non-hydrogen) atoms. The molecule has 0 aromatic heterocycles. The monoisotopic (exact) mass is 615 g/mol. The topological polar surface area (TPSA) is 102 Å². The summed E-state index contributed by atoms with van der Waals surface area (Å²) in [6.45, 7) is 12.8. The first-order valence-corrected chi connectivity index (χ1v) is 16.7. The number of epoxide rings is 1. The van der Waals surface area contributed by atoms with Crippen molar-refractivity contribution >= 4 is 12.0 Å². The molecule has 0 radical (unpaired) electrons. The van der Waals surface area contributed by atoms with Crippen LogP contribution >= 0.6 is 0 Å². The Hall–Kier alpha value is -2.24. The summed E-state index contributed by atoms with van der Waals surface area (Å²) in [5.41, 5.74) is 0.948. The quantitative estimate of drug-likeness (QED) is 0.230. The highest BCUT2D eigenvalue weighted by molar-refractivity contribution is 5.87. The minimum atomic E-state index is -0.503. The smallest absolute Gasteiger partial charge is 0.410 e. The van der Waals surface area contributed by atoms with Crippen molar-refractivity contribution in [1.29, 1.82) is 0 Å². The van der Waals surface area contributed by atoms with Crippen molar-refractivity contribution in [3.05, 3.63) is 36.0 Å². The zero-order chi connectivity index (χ0) is 31.2. The zero-order valence-electron chi connectivity index (χ0n) is 27.1. The lowest BCUT2D eigenvalue weighted by atomic mass is 9.85. The first-order chi connectivity index (χ1) is 21.1. The van der Waals surface area contributed by atoms with E-state index in [4.69, 9.17) is 23.7 Å². The van der Waals surface area contributed by atoms with E-state index in [1.807, 2.05) is 0 Å². The number of hydrogen-bond acceptors (Lipinski definition) is 8. The summed E-state index contributed by atoms with van der Waals surface area (Å²) in [7, 11) is 0. The van der Waals surface area contributed by atoms with Gasteiger partial charge < -0.3 is 33.9 Å². The van der Waals surface area contributed by atoms with E-state index in [1.165, 1.54) is 38.2 Å². The van der Waals surface area contributed by atoms with Gasteiger partial charge in [-0.1, -0.05) is 43.1 Å². The number of carbonyl (C=O) groups is 2. The lowest BCUT2D eigenvalue weighted by Crippen LogP contribution is -2.52. The third kappa shape index (κ3) is 9.88. The molecule has 1 unspecified atom stereocenters. The van der Waals surface area contributed by atoms with Crippen LogP contribution in [0.3, 0.4) is 0 Å². The summed E-state index contributed by atoms with van der Waals surface area (Å²) < 4.78 is 29.2. The van der Waals surface area contributed by atoms with Gasteiger partial charge in [-0.25, -0.2) is 4.79 Å². The molecule has 5 rings (SSSR count). The Kier molecular flexibility index (Phi) is 11.2. The van der Waals surface area contributed by atoms with Crippen LogP contribution in [-0.4, -0.2) is 110 Å². The molecule has 1 N–H and O–H groups in total. The predicted molar refractivity (Wildman–Crippen MR) is 167 cm³/mol. The van der Waals surface area contributed by atoms with E-state index in [9.17, 15) is 9.59 Å². The molecule has 0 aromatic rings. The van der Waals surface area contributed by atoms with Crippen molar-refractivity contribution in [2.24, 2.45) is 0 Å². The maximum Gasteiger partial charge on any atom is 0.410 e. The highest BCUT2D eigenvalue weighted by atomic mass is 16.7. The number of carbonyl (C=O) groups excluding carboxylic acids is 2. The van der Waals surface area contributed by atoms with Crippen molar-refractivity contribution in [2.75, 3.05) is 46.0 Å². The molecule has 1 spiro atoms. The van der Waals surface area contributed by atoms with Crippen LogP contribution in [0.2, 0.25) is 0 Å². The first-order valence-electron chi connectivity index (χ1n) is 16.7. The molecule has 4 saturated heterocycles. The maximum absolute atomic E-state index is 12.6. The molecule has 10 nitrogen and oxygen atoms in total. The minimum Gasteiger partial charge on any atom is -0.442 e. The summed E-state index contributed by atoms with van der Waals surface area (Å²) in [5.74, 6) is -0.267. The molecule has 5 aliphatic rings. The van der Waals surface area contributed by atoms with E-state index in [0.717, 1.165) is 38.1 Å². The van der Waals surface area contributed by atoms with Crippen molar-refractivity contribution in [3.8, 4) is 0 Å². The molecule has 246 valence electrons. The third-order valence-corrected chi connectivity index (χ3v) is 9.33. The fourth-order valence-corrected chi connectivity index (χ4v) is 6.97. The summed E-state index contributed by atoms with van der Waals surface area (Å²) >= 11 is 0. The second-order valence-corrected chi connectivity index (χ2v) is 13.9. The van der Waals surface area contributed by atoms with E-state index in [2.05, 4.69) is 49.2 Å². The lowest BCUT2D eigenvalue weighted by Gasteiger charge is -2.40. The van der Waals surface area contributed by atoms with Crippen LogP contribution in [0, 0.1) is 0 Å². The number of rotatable bonds is 9. The molecule has 2 amide bonds. The van der Waals surface area contributed by atoms with Crippen LogP contribution in [0.1, 0.15) is 79.1 Å². The van der Waals surface area contributed by atoms with Gasteiger partial charge in [0.2, 0.25) is 5.91 Å². The van der Waals surface area contributed by atoms with E-state index in [1.54, 1.807) is 17.9 Å². The van der Waals surface area contributed by atoms with Crippen LogP contribution in [-0.2, 0) is 28.5 Å². The van der Waals surface area contributed by atoms with Crippen molar-refractivity contribution in [1.82, 2.24) is 15.1 Å². The second-order valence-electron chi connectivity index (χ2n) is 13.9. The van der Waals surface area contributed by atoms with E-state index < -0.39 is 6.10 Å². The van der Waals surface area contributed by atoms with Gasteiger partial charge in [-0.15, -0.1) is 0 Å². The Morgan fingerprint density at radius 1 is 1.05 bits per heavy atom. The first kappa shape index (κ1) is 33.1. The number of hydrogen-bond donors (Lipinski definition) is 1.